The van der Waals surface area contributed by atoms with Crippen LogP contribution in [0.25, 0.3) is 0 Å². The summed E-state index contributed by atoms with van der Waals surface area (Å²) < 4.78 is 0. The van der Waals surface area contributed by atoms with E-state index < -0.39 is 5.97 Å². The van der Waals surface area contributed by atoms with E-state index >= 15 is 0 Å². The molecule has 0 saturated carbocycles. The number of carboxylic acid groups (broad SMARTS) is 1. The molecule has 0 radical (unpaired) electrons. The molecule has 0 saturated heterocycles. The maximum atomic E-state index is 10.8. The van der Waals surface area contributed by atoms with Gasteiger partial charge < -0.3 is 15.2 Å². The first-order chi connectivity index (χ1) is 5.66. The maximum Gasteiger partial charge on any atom is 1.00 e. The molecule has 0 bridgehead atoms. The van der Waals surface area contributed by atoms with Crippen molar-refractivity contribution in [2.75, 3.05) is 6.54 Å². The van der Waals surface area contributed by atoms with Crippen molar-refractivity contribution >= 4 is 11.9 Å². The van der Waals surface area contributed by atoms with Gasteiger partial charge in [0, 0.05) is 6.42 Å². The van der Waals surface area contributed by atoms with E-state index in [4.69, 9.17) is 0 Å². The number of carbonyl (C=O) groups is 2. The summed E-state index contributed by atoms with van der Waals surface area (Å²) in [5.74, 6) is -1.47. The summed E-state index contributed by atoms with van der Waals surface area (Å²) in [7, 11) is 0. The summed E-state index contributed by atoms with van der Waals surface area (Å²) in [4.78, 5) is 20.7. The van der Waals surface area contributed by atoms with Crippen LogP contribution in [0.2, 0.25) is 0 Å². The Morgan fingerprint density at radius 3 is 2.38 bits per heavy atom. The Labute approximate surface area is 100 Å². The molecule has 13 heavy (non-hydrogen) atoms. The van der Waals surface area contributed by atoms with Crippen LogP contribution in [0.15, 0.2) is 0 Å². The van der Waals surface area contributed by atoms with Crippen molar-refractivity contribution in [2.45, 2.75) is 32.6 Å². The first kappa shape index (κ1) is 15.4. The van der Waals surface area contributed by atoms with E-state index in [0.29, 0.717) is 6.42 Å². The maximum absolute atomic E-state index is 10.8. The van der Waals surface area contributed by atoms with E-state index in [2.05, 4.69) is 5.32 Å². The number of hydrogen-bond acceptors (Lipinski definition) is 3. The van der Waals surface area contributed by atoms with Crippen LogP contribution in [-0.4, -0.2) is 18.4 Å². The minimum atomic E-state index is -1.25. The number of hydrogen-bond donors (Lipinski definition) is 1. The topological polar surface area (TPSA) is 69.2 Å². The first-order valence-corrected chi connectivity index (χ1v) is 4.13. The number of amides is 1. The average Bonchev–Trinajstić information content (AvgIpc) is 2.01. The van der Waals surface area contributed by atoms with Crippen LogP contribution in [0.1, 0.15) is 32.6 Å². The van der Waals surface area contributed by atoms with Crippen LogP contribution in [0.5, 0.6) is 0 Å². The van der Waals surface area contributed by atoms with Crippen molar-refractivity contribution in [3.05, 3.63) is 0 Å². The second-order valence-corrected chi connectivity index (χ2v) is 2.61. The Balaban J connectivity index is 0. The van der Waals surface area contributed by atoms with Gasteiger partial charge in [0.2, 0.25) is 5.91 Å². The third-order valence-corrected chi connectivity index (χ3v) is 1.44. The van der Waals surface area contributed by atoms with Crippen molar-refractivity contribution in [3.8, 4) is 0 Å². The number of aliphatic carboxylic acids is 1. The monoisotopic (exact) mass is 195 g/mol. The van der Waals surface area contributed by atoms with Crippen LogP contribution >= 0.6 is 0 Å². The van der Waals surface area contributed by atoms with Crippen molar-refractivity contribution in [2.24, 2.45) is 0 Å². The fraction of sp³-hybridized carbons (Fsp3) is 0.750. The molecule has 0 aliphatic rings. The molecule has 0 aromatic rings. The van der Waals surface area contributed by atoms with E-state index in [0.717, 1.165) is 19.3 Å². The van der Waals surface area contributed by atoms with Crippen LogP contribution in [-0.2, 0) is 9.59 Å². The number of nitrogens with one attached hydrogen (secondary N) is 1. The zero-order valence-electron chi connectivity index (χ0n) is 8.26. The summed E-state index contributed by atoms with van der Waals surface area (Å²) >= 11 is 0. The molecule has 0 aromatic carbocycles. The summed E-state index contributed by atoms with van der Waals surface area (Å²) in [5.41, 5.74) is 0. The fourth-order valence-electron chi connectivity index (χ4n) is 0.795. The molecule has 0 aliphatic carbocycles. The Morgan fingerprint density at radius 2 is 1.92 bits per heavy atom. The second-order valence-electron chi connectivity index (χ2n) is 2.61. The smallest absolute Gasteiger partial charge is 0.548 e. The van der Waals surface area contributed by atoms with E-state index in [9.17, 15) is 14.7 Å². The number of rotatable bonds is 6. The molecule has 0 fully saturated rings. The van der Waals surface area contributed by atoms with Gasteiger partial charge in [0.05, 0.1) is 12.5 Å². The van der Waals surface area contributed by atoms with E-state index in [1.807, 2.05) is 6.92 Å². The molecule has 1 N–H and O–H groups in total. The molecule has 0 unspecified atom stereocenters. The van der Waals surface area contributed by atoms with Gasteiger partial charge in [-0.1, -0.05) is 19.8 Å². The minimum Gasteiger partial charge on any atom is -0.548 e. The van der Waals surface area contributed by atoms with Gasteiger partial charge >= 0.3 is 29.6 Å². The van der Waals surface area contributed by atoms with E-state index in [-0.39, 0.29) is 42.0 Å². The normalized spacial score (nSPS) is 8.69. The molecule has 5 heteroatoms. The van der Waals surface area contributed by atoms with Crippen molar-refractivity contribution in [1.82, 2.24) is 5.32 Å². The predicted molar refractivity (Wildman–Crippen MR) is 42.2 cm³/mol. The molecule has 1 amide bonds. The van der Waals surface area contributed by atoms with Gasteiger partial charge in [0.25, 0.3) is 0 Å². The van der Waals surface area contributed by atoms with Crippen LogP contribution < -0.4 is 40.0 Å². The first-order valence-electron chi connectivity index (χ1n) is 4.13. The summed E-state index contributed by atoms with van der Waals surface area (Å²) in [5, 5.41) is 12.1. The van der Waals surface area contributed by atoms with Crippen LogP contribution in [0, 0.1) is 0 Å². The van der Waals surface area contributed by atoms with Gasteiger partial charge in [-0.2, -0.15) is 0 Å². The summed E-state index contributed by atoms with van der Waals surface area (Å²) in [6, 6.07) is 0. The number of carbonyl (C=O) groups excluding carboxylic acids is 2. The molecular formula is C8H14NNaO3. The Kier molecular flexibility index (Phi) is 11.9. The predicted octanol–water partition coefficient (Wildman–Crippen LogP) is -3.56. The fourth-order valence-corrected chi connectivity index (χ4v) is 0.795. The van der Waals surface area contributed by atoms with Crippen molar-refractivity contribution in [3.63, 3.8) is 0 Å². The molecule has 0 spiro atoms. The van der Waals surface area contributed by atoms with Gasteiger partial charge in [-0.05, 0) is 6.42 Å². The van der Waals surface area contributed by atoms with E-state index in [1.54, 1.807) is 0 Å². The molecule has 4 nitrogen and oxygen atoms in total. The molecule has 0 aliphatic heterocycles. The van der Waals surface area contributed by atoms with Gasteiger partial charge in [-0.15, -0.1) is 0 Å². The van der Waals surface area contributed by atoms with E-state index in [1.165, 1.54) is 0 Å². The number of carboxylic acids is 1. The zero-order valence-corrected chi connectivity index (χ0v) is 10.3. The third kappa shape index (κ3) is 11.9. The minimum absolute atomic E-state index is 0. The second kappa shape index (κ2) is 10.0. The van der Waals surface area contributed by atoms with Gasteiger partial charge in [0.15, 0.2) is 0 Å². The molecule has 0 aromatic heterocycles. The molecule has 0 atom stereocenters. The number of unbranched alkanes of at least 4 members (excludes halogenated alkanes) is 2. The zero-order chi connectivity index (χ0) is 9.40. The third-order valence-electron chi connectivity index (χ3n) is 1.44. The van der Waals surface area contributed by atoms with Gasteiger partial charge in [-0.3, -0.25) is 4.79 Å². The average molecular weight is 195 g/mol. The summed E-state index contributed by atoms with van der Waals surface area (Å²) in [6.45, 7) is 1.66. The molecular weight excluding hydrogens is 181 g/mol. The summed E-state index contributed by atoms with van der Waals surface area (Å²) in [6.07, 6.45) is 3.27. The van der Waals surface area contributed by atoms with Crippen molar-refractivity contribution < 1.29 is 44.3 Å². The molecule has 0 rings (SSSR count). The standard InChI is InChI=1S/C8H15NO3.Na/c1-2-3-4-5-7(10)9-6-8(11)12;/h2-6H2,1H3,(H,9,10)(H,11,12);/q;+1/p-1. The van der Waals surface area contributed by atoms with Crippen molar-refractivity contribution in [1.29, 1.82) is 0 Å². The SMILES string of the molecule is CCCCCC(=O)NCC(=O)[O-].[Na+]. The molecule has 0 heterocycles. The quantitative estimate of drug-likeness (QED) is 0.352. The largest absolute Gasteiger partial charge is 1.00 e. The Bertz CT molecular complexity index is 161. The van der Waals surface area contributed by atoms with Gasteiger partial charge in [-0.25, -0.2) is 0 Å². The Morgan fingerprint density at radius 1 is 1.31 bits per heavy atom. The van der Waals surface area contributed by atoms with Crippen LogP contribution in [0.4, 0.5) is 0 Å². The van der Waals surface area contributed by atoms with Crippen LogP contribution in [0.3, 0.4) is 0 Å². The Hall–Kier alpha value is -0.0600. The molecule has 70 valence electrons. The van der Waals surface area contributed by atoms with Gasteiger partial charge in [0.1, 0.15) is 0 Å².